The molecule has 1 N–H and O–H groups in total. The van der Waals surface area contributed by atoms with E-state index >= 15 is 0 Å². The van der Waals surface area contributed by atoms with Crippen LogP contribution in [0.4, 0.5) is 10.5 Å². The Bertz CT molecular complexity index is 628. The molecule has 0 saturated heterocycles. The number of anilines is 1. The summed E-state index contributed by atoms with van der Waals surface area (Å²) in [6.07, 6.45) is 1.60. The first kappa shape index (κ1) is 22.0. The van der Waals surface area contributed by atoms with E-state index in [-0.39, 0.29) is 12.4 Å². The Balaban J connectivity index is 0.00000338. The minimum Gasteiger partial charge on any atom is -0.448 e. The number of ether oxygens (including phenoxy) is 1. The van der Waals surface area contributed by atoms with Crippen molar-refractivity contribution in [1.82, 2.24) is 4.90 Å². The molecule has 0 aliphatic heterocycles. The molecule has 142 valence electrons. The van der Waals surface area contributed by atoms with Crippen molar-refractivity contribution in [3.05, 3.63) is 65.7 Å². The molecule has 0 aromatic heterocycles. The Labute approximate surface area is 163 Å². The van der Waals surface area contributed by atoms with Gasteiger partial charge in [-0.05, 0) is 49.2 Å². The summed E-state index contributed by atoms with van der Waals surface area (Å²) in [6.45, 7) is 7.30. The van der Waals surface area contributed by atoms with Crippen LogP contribution in [0, 0.1) is 0 Å². The molecular weight excluding hydrogens is 348 g/mol. The maximum absolute atomic E-state index is 11.8. The molecular formula is C21H29ClN2O2. The van der Waals surface area contributed by atoms with Crippen LogP contribution in [0.5, 0.6) is 0 Å². The molecule has 5 heteroatoms. The van der Waals surface area contributed by atoms with Gasteiger partial charge in [-0.15, -0.1) is 12.4 Å². The number of amides is 1. The van der Waals surface area contributed by atoms with Gasteiger partial charge in [-0.2, -0.15) is 0 Å². The van der Waals surface area contributed by atoms with Crippen molar-refractivity contribution >= 4 is 24.2 Å². The molecule has 4 nitrogen and oxygen atoms in total. The van der Waals surface area contributed by atoms with Crippen LogP contribution in [-0.2, 0) is 17.6 Å². The second-order valence-corrected chi connectivity index (χ2v) is 5.97. The normalized spacial score (nSPS) is 10.3. The van der Waals surface area contributed by atoms with E-state index in [0.29, 0.717) is 6.61 Å². The highest BCUT2D eigenvalue weighted by atomic mass is 35.5. The van der Waals surface area contributed by atoms with Crippen molar-refractivity contribution in [3.8, 4) is 0 Å². The van der Waals surface area contributed by atoms with Crippen molar-refractivity contribution in [1.29, 1.82) is 0 Å². The van der Waals surface area contributed by atoms with Crippen molar-refractivity contribution in [3.63, 3.8) is 0 Å². The van der Waals surface area contributed by atoms with Gasteiger partial charge in [0.2, 0.25) is 0 Å². The van der Waals surface area contributed by atoms with Gasteiger partial charge in [-0.1, -0.05) is 56.3 Å². The third-order valence-electron chi connectivity index (χ3n) is 4.28. The van der Waals surface area contributed by atoms with Gasteiger partial charge in [0.1, 0.15) is 6.61 Å². The van der Waals surface area contributed by atoms with Crippen LogP contribution >= 0.6 is 12.4 Å². The van der Waals surface area contributed by atoms with Crippen molar-refractivity contribution in [2.75, 3.05) is 31.6 Å². The Morgan fingerprint density at radius 2 is 1.50 bits per heavy atom. The van der Waals surface area contributed by atoms with Gasteiger partial charge < -0.3 is 9.64 Å². The lowest BCUT2D eigenvalue weighted by atomic mass is 10.0. The number of likely N-dealkylation sites (N-methyl/N-ethyl adjacent to an activating group) is 1. The van der Waals surface area contributed by atoms with Gasteiger partial charge in [0.25, 0.3) is 0 Å². The number of benzene rings is 2. The summed E-state index contributed by atoms with van der Waals surface area (Å²) in [7, 11) is 0. The number of rotatable bonds is 9. The Morgan fingerprint density at radius 1 is 0.923 bits per heavy atom. The average molecular weight is 377 g/mol. The predicted molar refractivity (Wildman–Crippen MR) is 110 cm³/mol. The van der Waals surface area contributed by atoms with E-state index in [0.717, 1.165) is 38.2 Å². The van der Waals surface area contributed by atoms with E-state index in [1.807, 2.05) is 18.2 Å². The zero-order valence-electron chi connectivity index (χ0n) is 15.6. The molecule has 0 bridgehead atoms. The fourth-order valence-electron chi connectivity index (χ4n) is 2.65. The van der Waals surface area contributed by atoms with E-state index in [2.05, 4.69) is 60.5 Å². The number of hydrogen-bond acceptors (Lipinski definition) is 3. The summed E-state index contributed by atoms with van der Waals surface area (Å²) in [5, 5.41) is 2.77. The minimum atomic E-state index is -0.399. The third-order valence-corrected chi connectivity index (χ3v) is 4.28. The lowest BCUT2D eigenvalue weighted by Gasteiger charge is -2.17. The summed E-state index contributed by atoms with van der Waals surface area (Å²) in [5.74, 6) is 0. The van der Waals surface area contributed by atoms with Gasteiger partial charge in [0.05, 0.1) is 0 Å². The molecule has 0 aliphatic carbocycles. The summed E-state index contributed by atoms with van der Waals surface area (Å²) in [4.78, 5) is 14.0. The first-order valence-electron chi connectivity index (χ1n) is 9.00. The van der Waals surface area contributed by atoms with Crippen LogP contribution in [0.1, 0.15) is 25.0 Å². The topological polar surface area (TPSA) is 41.6 Å². The number of halogens is 1. The molecule has 0 saturated carbocycles. The first-order chi connectivity index (χ1) is 12.2. The molecule has 0 unspecified atom stereocenters. The maximum Gasteiger partial charge on any atom is 0.411 e. The molecule has 2 aromatic carbocycles. The average Bonchev–Trinajstić information content (AvgIpc) is 2.65. The number of hydrogen-bond donors (Lipinski definition) is 1. The standard InChI is InChI=1S/C21H28N2O2.ClH/c1-3-23(4-2)16-17-25-21(24)22-20-14-12-19(13-15-20)11-10-18-8-6-5-7-9-18;/h5-9,12-15H,3-4,10-11,16-17H2,1-2H3,(H,22,24);1H. The van der Waals surface area contributed by atoms with Crippen molar-refractivity contribution < 1.29 is 9.53 Å². The molecule has 0 fully saturated rings. The smallest absolute Gasteiger partial charge is 0.411 e. The Kier molecular flexibility index (Phi) is 10.4. The Hall–Kier alpha value is -2.04. The summed E-state index contributed by atoms with van der Waals surface area (Å²) < 4.78 is 5.22. The van der Waals surface area contributed by atoms with Crippen LogP contribution in [0.3, 0.4) is 0 Å². The molecule has 0 radical (unpaired) electrons. The van der Waals surface area contributed by atoms with E-state index in [9.17, 15) is 4.79 Å². The summed E-state index contributed by atoms with van der Waals surface area (Å²) in [5.41, 5.74) is 3.35. The van der Waals surface area contributed by atoms with Gasteiger partial charge in [-0.25, -0.2) is 4.79 Å². The number of nitrogens with one attached hydrogen (secondary N) is 1. The van der Waals surface area contributed by atoms with Crippen molar-refractivity contribution in [2.24, 2.45) is 0 Å². The van der Waals surface area contributed by atoms with Gasteiger partial charge >= 0.3 is 6.09 Å². The van der Waals surface area contributed by atoms with Crippen LogP contribution in [-0.4, -0.2) is 37.2 Å². The van der Waals surface area contributed by atoms with E-state index in [1.165, 1.54) is 11.1 Å². The molecule has 0 atom stereocenters. The summed E-state index contributed by atoms with van der Waals surface area (Å²) >= 11 is 0. The fraction of sp³-hybridized carbons (Fsp3) is 0.381. The highest BCUT2D eigenvalue weighted by Gasteiger charge is 2.05. The largest absolute Gasteiger partial charge is 0.448 e. The van der Waals surface area contributed by atoms with Crippen LogP contribution in [0.2, 0.25) is 0 Å². The first-order valence-corrected chi connectivity index (χ1v) is 9.00. The monoisotopic (exact) mass is 376 g/mol. The van der Waals surface area contributed by atoms with Gasteiger partial charge in [0, 0.05) is 12.2 Å². The lowest BCUT2D eigenvalue weighted by Crippen LogP contribution is -2.28. The zero-order chi connectivity index (χ0) is 17.9. The Morgan fingerprint density at radius 3 is 2.08 bits per heavy atom. The predicted octanol–water partition coefficient (Wildman–Crippen LogP) is 4.78. The minimum absolute atomic E-state index is 0. The van der Waals surface area contributed by atoms with E-state index < -0.39 is 6.09 Å². The molecule has 2 rings (SSSR count). The molecule has 0 heterocycles. The second-order valence-electron chi connectivity index (χ2n) is 5.97. The molecule has 2 aromatic rings. The van der Waals surface area contributed by atoms with Gasteiger partial charge in [-0.3, -0.25) is 5.32 Å². The maximum atomic E-state index is 11.8. The van der Waals surface area contributed by atoms with Crippen molar-refractivity contribution in [2.45, 2.75) is 26.7 Å². The number of carbonyl (C=O) groups is 1. The second kappa shape index (κ2) is 12.3. The number of aryl methyl sites for hydroxylation is 2. The lowest BCUT2D eigenvalue weighted by molar-refractivity contribution is 0.142. The molecule has 0 aliphatic rings. The van der Waals surface area contributed by atoms with Gasteiger partial charge in [0.15, 0.2) is 0 Å². The number of carbonyl (C=O) groups excluding carboxylic acids is 1. The SMILES string of the molecule is CCN(CC)CCOC(=O)Nc1ccc(CCc2ccccc2)cc1.Cl. The van der Waals surface area contributed by atoms with E-state index in [4.69, 9.17) is 4.74 Å². The third kappa shape index (κ3) is 7.89. The number of nitrogens with zero attached hydrogens (tertiary/aromatic N) is 1. The molecule has 1 amide bonds. The molecule has 26 heavy (non-hydrogen) atoms. The quantitative estimate of drug-likeness (QED) is 0.684. The van der Waals surface area contributed by atoms with E-state index in [1.54, 1.807) is 0 Å². The van der Waals surface area contributed by atoms with Crippen LogP contribution in [0.25, 0.3) is 0 Å². The summed E-state index contributed by atoms with van der Waals surface area (Å²) in [6, 6.07) is 18.4. The highest BCUT2D eigenvalue weighted by molar-refractivity contribution is 5.85. The highest BCUT2D eigenvalue weighted by Crippen LogP contribution is 2.12. The van der Waals surface area contributed by atoms with Crippen LogP contribution in [0.15, 0.2) is 54.6 Å². The zero-order valence-corrected chi connectivity index (χ0v) is 16.4. The van der Waals surface area contributed by atoms with Crippen LogP contribution < -0.4 is 5.32 Å². The molecule has 0 spiro atoms. The fourth-order valence-corrected chi connectivity index (χ4v) is 2.65.